The summed E-state index contributed by atoms with van der Waals surface area (Å²) in [6, 6.07) is 7.17. The lowest BCUT2D eigenvalue weighted by atomic mass is 10.1. The van der Waals surface area contributed by atoms with Crippen molar-refractivity contribution in [3.8, 4) is 0 Å². The average Bonchev–Trinajstić information content (AvgIpc) is 2.87. The number of benzene rings is 1. The third kappa shape index (κ3) is 4.69. The summed E-state index contributed by atoms with van der Waals surface area (Å²) < 4.78 is 11.2. The van der Waals surface area contributed by atoms with E-state index in [1.807, 2.05) is 29.6 Å². The molecule has 0 saturated heterocycles. The zero-order valence-electron chi connectivity index (χ0n) is 13.7. The van der Waals surface area contributed by atoms with Gasteiger partial charge in [0.15, 0.2) is 0 Å². The third-order valence-electron chi connectivity index (χ3n) is 3.16. The van der Waals surface area contributed by atoms with Gasteiger partial charge in [0.2, 0.25) is 0 Å². The van der Waals surface area contributed by atoms with Gasteiger partial charge in [-0.2, -0.15) is 0 Å². The van der Waals surface area contributed by atoms with Crippen molar-refractivity contribution in [2.45, 2.75) is 38.8 Å². The maximum Gasteiger partial charge on any atom is 0.408 e. The molecule has 0 aliphatic heterocycles. The predicted molar refractivity (Wildman–Crippen MR) is 90.7 cm³/mol. The highest BCUT2D eigenvalue weighted by Gasteiger charge is 2.26. The zero-order valence-corrected chi connectivity index (χ0v) is 14.5. The van der Waals surface area contributed by atoms with Crippen molar-refractivity contribution >= 4 is 33.5 Å². The average molecular weight is 335 g/mol. The number of hydrogen-bond acceptors (Lipinski definition) is 5. The molecule has 1 amide bonds. The van der Waals surface area contributed by atoms with Crippen molar-refractivity contribution in [1.82, 2.24) is 5.32 Å². The molecule has 1 N–H and O–H groups in total. The van der Waals surface area contributed by atoms with E-state index in [9.17, 15) is 9.59 Å². The summed E-state index contributed by atoms with van der Waals surface area (Å²) in [5.74, 6) is -0.494. The van der Waals surface area contributed by atoms with Gasteiger partial charge in [-0.25, -0.2) is 9.59 Å². The molecule has 1 aromatic heterocycles. The molecule has 0 unspecified atom stereocenters. The molecule has 124 valence electrons. The first-order valence-corrected chi connectivity index (χ1v) is 8.20. The molecule has 1 atom stereocenters. The Bertz CT molecular complexity index is 702. The van der Waals surface area contributed by atoms with E-state index in [2.05, 4.69) is 5.32 Å². The quantitative estimate of drug-likeness (QED) is 0.869. The van der Waals surface area contributed by atoms with Crippen molar-refractivity contribution in [2.75, 3.05) is 7.11 Å². The lowest BCUT2D eigenvalue weighted by molar-refractivity contribution is -0.143. The molecular weight excluding hydrogens is 314 g/mol. The molecule has 0 saturated carbocycles. The van der Waals surface area contributed by atoms with E-state index >= 15 is 0 Å². The monoisotopic (exact) mass is 335 g/mol. The molecule has 23 heavy (non-hydrogen) atoms. The normalized spacial score (nSPS) is 12.7. The van der Waals surface area contributed by atoms with Crippen LogP contribution in [0.2, 0.25) is 0 Å². The van der Waals surface area contributed by atoms with E-state index < -0.39 is 23.7 Å². The summed E-state index contributed by atoms with van der Waals surface area (Å²) in [6.07, 6.45) is -0.275. The summed E-state index contributed by atoms with van der Waals surface area (Å²) >= 11 is 1.61. The molecule has 1 aromatic carbocycles. The van der Waals surface area contributed by atoms with Gasteiger partial charge in [0.05, 0.1) is 7.11 Å². The fourth-order valence-corrected chi connectivity index (χ4v) is 3.17. The summed E-state index contributed by atoms with van der Waals surface area (Å²) in [4.78, 5) is 23.9. The Hall–Kier alpha value is -2.08. The SMILES string of the molecule is COC(=O)[C@@H](Cc1csc2ccccc12)NC(=O)OC(C)(C)C. The van der Waals surface area contributed by atoms with Gasteiger partial charge in [0, 0.05) is 11.1 Å². The summed E-state index contributed by atoms with van der Waals surface area (Å²) in [6.45, 7) is 5.31. The number of carbonyl (C=O) groups is 2. The van der Waals surface area contributed by atoms with Crippen LogP contribution >= 0.6 is 11.3 Å². The molecule has 0 radical (unpaired) electrons. The van der Waals surface area contributed by atoms with Gasteiger partial charge in [0.25, 0.3) is 0 Å². The Kier molecular flexibility index (Phi) is 5.26. The summed E-state index contributed by atoms with van der Waals surface area (Å²) in [5.41, 5.74) is 0.372. The minimum Gasteiger partial charge on any atom is -0.467 e. The Morgan fingerprint density at radius 1 is 1.26 bits per heavy atom. The number of ether oxygens (including phenoxy) is 2. The lowest BCUT2D eigenvalue weighted by Crippen LogP contribution is -2.45. The molecule has 0 spiro atoms. The van der Waals surface area contributed by atoms with E-state index in [0.29, 0.717) is 6.42 Å². The van der Waals surface area contributed by atoms with Crippen LogP contribution in [-0.2, 0) is 20.7 Å². The van der Waals surface area contributed by atoms with Gasteiger partial charge in [-0.15, -0.1) is 11.3 Å². The van der Waals surface area contributed by atoms with Crippen molar-refractivity contribution in [3.05, 3.63) is 35.2 Å². The molecule has 0 aliphatic rings. The van der Waals surface area contributed by atoms with Crippen molar-refractivity contribution in [3.63, 3.8) is 0 Å². The van der Waals surface area contributed by atoms with E-state index in [0.717, 1.165) is 15.6 Å². The standard InChI is InChI=1S/C17H21NO4S/c1-17(2,3)22-16(20)18-13(15(19)21-4)9-11-10-23-14-8-6-5-7-12(11)14/h5-8,10,13H,9H2,1-4H3,(H,18,20)/t13-/m1/s1. The number of rotatable bonds is 4. The Labute approximate surface area is 139 Å². The number of carbonyl (C=O) groups excluding carboxylic acids is 2. The van der Waals surface area contributed by atoms with Crippen LogP contribution in [0.15, 0.2) is 29.6 Å². The topological polar surface area (TPSA) is 64.6 Å². The maximum absolute atomic E-state index is 12.0. The van der Waals surface area contributed by atoms with Crippen molar-refractivity contribution < 1.29 is 19.1 Å². The number of hydrogen-bond donors (Lipinski definition) is 1. The minimum atomic E-state index is -0.784. The van der Waals surface area contributed by atoms with Crippen LogP contribution in [-0.4, -0.2) is 30.8 Å². The van der Waals surface area contributed by atoms with Gasteiger partial charge in [-0.05, 0) is 43.2 Å². The molecule has 0 bridgehead atoms. The highest BCUT2D eigenvalue weighted by atomic mass is 32.1. The third-order valence-corrected chi connectivity index (χ3v) is 4.17. The second-order valence-electron chi connectivity index (χ2n) is 6.18. The van der Waals surface area contributed by atoms with Crippen LogP contribution in [0, 0.1) is 0 Å². The van der Waals surface area contributed by atoms with Crippen molar-refractivity contribution in [2.24, 2.45) is 0 Å². The number of esters is 1. The second kappa shape index (κ2) is 7.00. The first-order valence-electron chi connectivity index (χ1n) is 7.32. The number of alkyl carbamates (subject to hydrolysis) is 1. The molecular formula is C17H21NO4S. The Morgan fingerprint density at radius 3 is 2.61 bits per heavy atom. The van der Waals surface area contributed by atoms with Gasteiger partial charge in [0.1, 0.15) is 11.6 Å². The van der Waals surface area contributed by atoms with Crippen LogP contribution < -0.4 is 5.32 Å². The highest BCUT2D eigenvalue weighted by molar-refractivity contribution is 7.17. The smallest absolute Gasteiger partial charge is 0.408 e. The van der Waals surface area contributed by atoms with E-state index in [-0.39, 0.29) is 0 Å². The van der Waals surface area contributed by atoms with E-state index in [4.69, 9.17) is 9.47 Å². The molecule has 6 heteroatoms. The van der Waals surface area contributed by atoms with Gasteiger partial charge in [-0.1, -0.05) is 18.2 Å². The fourth-order valence-electron chi connectivity index (χ4n) is 2.20. The number of amides is 1. The fraction of sp³-hybridized carbons (Fsp3) is 0.412. The highest BCUT2D eigenvalue weighted by Crippen LogP contribution is 2.26. The van der Waals surface area contributed by atoms with Crippen LogP contribution in [0.1, 0.15) is 26.3 Å². The maximum atomic E-state index is 12.0. The van der Waals surface area contributed by atoms with Crippen LogP contribution in [0.4, 0.5) is 4.79 Å². The van der Waals surface area contributed by atoms with Crippen LogP contribution in [0.3, 0.4) is 0 Å². The second-order valence-corrected chi connectivity index (χ2v) is 7.09. The van der Waals surface area contributed by atoms with E-state index in [1.54, 1.807) is 32.1 Å². The van der Waals surface area contributed by atoms with Crippen LogP contribution in [0.5, 0.6) is 0 Å². The molecule has 0 aliphatic carbocycles. The first-order chi connectivity index (χ1) is 10.8. The summed E-state index contributed by atoms with van der Waals surface area (Å²) in [5, 5.41) is 5.67. The minimum absolute atomic E-state index is 0.357. The zero-order chi connectivity index (χ0) is 17.0. The largest absolute Gasteiger partial charge is 0.467 e. The molecule has 1 heterocycles. The molecule has 2 aromatic rings. The predicted octanol–water partition coefficient (Wildman–Crippen LogP) is 3.51. The van der Waals surface area contributed by atoms with Gasteiger partial charge in [-0.3, -0.25) is 0 Å². The van der Waals surface area contributed by atoms with Crippen LogP contribution in [0.25, 0.3) is 10.1 Å². The molecule has 5 nitrogen and oxygen atoms in total. The molecule has 2 rings (SSSR count). The first kappa shape index (κ1) is 17.3. The summed E-state index contributed by atoms with van der Waals surface area (Å²) in [7, 11) is 1.30. The molecule has 0 fully saturated rings. The number of methoxy groups -OCH3 is 1. The Balaban J connectivity index is 2.16. The Morgan fingerprint density at radius 2 is 1.96 bits per heavy atom. The number of nitrogens with one attached hydrogen (secondary N) is 1. The van der Waals surface area contributed by atoms with Crippen molar-refractivity contribution in [1.29, 1.82) is 0 Å². The van der Waals surface area contributed by atoms with Gasteiger partial charge >= 0.3 is 12.1 Å². The lowest BCUT2D eigenvalue weighted by Gasteiger charge is -2.22. The number of thiophene rings is 1. The number of fused-ring (bicyclic) bond motifs is 1. The van der Waals surface area contributed by atoms with Gasteiger partial charge < -0.3 is 14.8 Å². The van der Waals surface area contributed by atoms with E-state index in [1.165, 1.54) is 7.11 Å².